The van der Waals surface area contributed by atoms with Gasteiger partial charge in [-0.05, 0) is 18.1 Å². The van der Waals surface area contributed by atoms with Crippen LogP contribution in [0.4, 0.5) is 4.39 Å². The molecule has 1 aromatic heterocycles. The molecule has 5 heteroatoms. The van der Waals surface area contributed by atoms with Crippen LogP contribution >= 0.6 is 0 Å². The van der Waals surface area contributed by atoms with Crippen molar-refractivity contribution in [2.45, 2.75) is 12.5 Å². The van der Waals surface area contributed by atoms with Gasteiger partial charge in [0.25, 0.3) is 0 Å². The fourth-order valence-electron chi connectivity index (χ4n) is 0.909. The molecule has 0 unspecified atom stereocenters. The van der Waals surface area contributed by atoms with Crippen LogP contribution in [0.3, 0.4) is 0 Å². The van der Waals surface area contributed by atoms with E-state index in [0.717, 1.165) is 6.20 Å². The Morgan fingerprint density at radius 2 is 2.38 bits per heavy atom. The fourth-order valence-corrected chi connectivity index (χ4v) is 0.909. The van der Waals surface area contributed by atoms with Crippen LogP contribution in [0, 0.1) is 5.82 Å². The smallest absolute Gasteiger partial charge is 0.320 e. The number of hydrogen-bond acceptors (Lipinski definition) is 3. The lowest BCUT2D eigenvalue weighted by atomic mass is 10.1. The molecule has 4 nitrogen and oxygen atoms in total. The molecule has 70 valence electrons. The van der Waals surface area contributed by atoms with Crippen LogP contribution in [0.1, 0.15) is 5.56 Å². The minimum absolute atomic E-state index is 0.0834. The molecule has 0 aliphatic carbocycles. The van der Waals surface area contributed by atoms with Gasteiger partial charge in [0, 0.05) is 6.20 Å². The van der Waals surface area contributed by atoms with Crippen molar-refractivity contribution in [3.05, 3.63) is 29.8 Å². The maximum atomic E-state index is 12.6. The predicted molar refractivity (Wildman–Crippen MR) is 43.5 cm³/mol. The summed E-state index contributed by atoms with van der Waals surface area (Å²) in [4.78, 5) is 13.9. The lowest BCUT2D eigenvalue weighted by molar-refractivity contribution is -0.138. The highest BCUT2D eigenvalue weighted by Gasteiger charge is 2.12. The number of nitrogens with two attached hydrogens (primary N) is 1. The molecular weight excluding hydrogens is 175 g/mol. The molecule has 1 heterocycles. The highest BCUT2D eigenvalue weighted by atomic mass is 19.1. The number of pyridine rings is 1. The van der Waals surface area contributed by atoms with E-state index in [1.807, 2.05) is 0 Å². The minimum atomic E-state index is -1.11. The van der Waals surface area contributed by atoms with Gasteiger partial charge in [-0.1, -0.05) is 0 Å². The Labute approximate surface area is 74.2 Å². The van der Waals surface area contributed by atoms with Gasteiger partial charge in [-0.2, -0.15) is 0 Å². The van der Waals surface area contributed by atoms with Crippen LogP contribution in [0.25, 0.3) is 0 Å². The number of nitrogens with zero attached hydrogens (tertiary/aromatic N) is 1. The molecule has 0 radical (unpaired) electrons. The average molecular weight is 184 g/mol. The van der Waals surface area contributed by atoms with Crippen molar-refractivity contribution in [3.8, 4) is 0 Å². The molecular formula is C8H9FN2O2. The Bertz CT molecular complexity index is 317. The van der Waals surface area contributed by atoms with Gasteiger partial charge in [0.05, 0.1) is 6.20 Å². The Morgan fingerprint density at radius 3 is 2.92 bits per heavy atom. The van der Waals surface area contributed by atoms with E-state index in [1.54, 1.807) is 0 Å². The zero-order chi connectivity index (χ0) is 9.84. The summed E-state index contributed by atoms with van der Waals surface area (Å²) >= 11 is 0. The van der Waals surface area contributed by atoms with Crippen LogP contribution in [-0.2, 0) is 11.2 Å². The number of carboxylic acid groups (broad SMARTS) is 1. The first kappa shape index (κ1) is 9.60. The second kappa shape index (κ2) is 3.95. The maximum absolute atomic E-state index is 12.6. The van der Waals surface area contributed by atoms with Gasteiger partial charge in [-0.15, -0.1) is 0 Å². The number of halogens is 1. The zero-order valence-corrected chi connectivity index (χ0v) is 6.77. The van der Waals surface area contributed by atoms with Crippen LogP contribution in [0.15, 0.2) is 18.5 Å². The molecule has 0 saturated carbocycles. The van der Waals surface area contributed by atoms with Crippen molar-refractivity contribution in [1.29, 1.82) is 0 Å². The van der Waals surface area contributed by atoms with Gasteiger partial charge in [0.1, 0.15) is 11.9 Å². The molecule has 1 atom stereocenters. The van der Waals surface area contributed by atoms with E-state index in [-0.39, 0.29) is 6.42 Å². The molecule has 1 rings (SSSR count). The van der Waals surface area contributed by atoms with E-state index in [2.05, 4.69) is 4.98 Å². The van der Waals surface area contributed by atoms with Gasteiger partial charge in [-0.25, -0.2) is 4.39 Å². The largest absolute Gasteiger partial charge is 0.480 e. The van der Waals surface area contributed by atoms with E-state index in [9.17, 15) is 9.18 Å². The van der Waals surface area contributed by atoms with Gasteiger partial charge >= 0.3 is 5.97 Å². The number of carbonyl (C=O) groups is 1. The molecule has 13 heavy (non-hydrogen) atoms. The average Bonchev–Trinajstić information content (AvgIpc) is 2.04. The standard InChI is InChI=1S/C8H9FN2O2/c9-6-1-5(3-11-4-6)2-7(10)8(12)13/h1,3-4,7H,2,10H2,(H,12,13)/t7-/m0/s1. The molecule has 0 aliphatic heterocycles. The summed E-state index contributed by atoms with van der Waals surface area (Å²) in [7, 11) is 0. The number of rotatable bonds is 3. The summed E-state index contributed by atoms with van der Waals surface area (Å²) in [6.45, 7) is 0. The Kier molecular flexibility index (Phi) is 2.92. The monoisotopic (exact) mass is 184 g/mol. The van der Waals surface area contributed by atoms with Gasteiger partial charge in [-0.3, -0.25) is 9.78 Å². The Hall–Kier alpha value is -1.49. The summed E-state index contributed by atoms with van der Waals surface area (Å²) < 4.78 is 12.6. The first-order valence-electron chi connectivity index (χ1n) is 3.67. The highest BCUT2D eigenvalue weighted by molar-refractivity contribution is 5.73. The minimum Gasteiger partial charge on any atom is -0.480 e. The van der Waals surface area contributed by atoms with E-state index < -0.39 is 17.8 Å². The SMILES string of the molecule is N[C@@H](Cc1cncc(F)c1)C(=O)O. The number of aliphatic carboxylic acids is 1. The third-order valence-electron chi connectivity index (χ3n) is 1.53. The first-order chi connectivity index (χ1) is 6.09. The second-order valence-electron chi connectivity index (χ2n) is 2.66. The second-order valence-corrected chi connectivity index (χ2v) is 2.66. The first-order valence-corrected chi connectivity index (χ1v) is 3.67. The third-order valence-corrected chi connectivity index (χ3v) is 1.53. The van der Waals surface area contributed by atoms with Crippen molar-refractivity contribution in [3.63, 3.8) is 0 Å². The van der Waals surface area contributed by atoms with Gasteiger partial charge in [0.2, 0.25) is 0 Å². The lowest BCUT2D eigenvalue weighted by Gasteiger charge is -2.05. The van der Waals surface area contributed by atoms with Gasteiger partial charge < -0.3 is 10.8 Å². The van der Waals surface area contributed by atoms with Crippen LogP contribution in [-0.4, -0.2) is 22.1 Å². The van der Waals surface area contributed by atoms with Crippen molar-refractivity contribution in [2.75, 3.05) is 0 Å². The van der Waals surface area contributed by atoms with Crippen LogP contribution in [0.5, 0.6) is 0 Å². The zero-order valence-electron chi connectivity index (χ0n) is 6.77. The Morgan fingerprint density at radius 1 is 1.69 bits per heavy atom. The van der Waals surface area contributed by atoms with E-state index >= 15 is 0 Å². The molecule has 0 aliphatic rings. The molecule has 1 aromatic rings. The van der Waals surface area contributed by atoms with Crippen molar-refractivity contribution < 1.29 is 14.3 Å². The number of hydrogen-bond donors (Lipinski definition) is 2. The lowest BCUT2D eigenvalue weighted by Crippen LogP contribution is -2.32. The summed E-state index contributed by atoms with van der Waals surface area (Å²) in [5.41, 5.74) is 5.73. The topological polar surface area (TPSA) is 76.2 Å². The molecule has 0 bridgehead atoms. The Balaban J connectivity index is 2.69. The highest BCUT2D eigenvalue weighted by Crippen LogP contribution is 2.03. The normalized spacial score (nSPS) is 12.5. The molecule has 0 amide bonds. The molecule has 3 N–H and O–H groups in total. The van der Waals surface area contributed by atoms with E-state index in [4.69, 9.17) is 10.8 Å². The van der Waals surface area contributed by atoms with Gasteiger partial charge in [0.15, 0.2) is 0 Å². The summed E-state index contributed by atoms with van der Waals surface area (Å²) in [6, 6.07) is 0.207. The van der Waals surface area contributed by atoms with Crippen LogP contribution in [0.2, 0.25) is 0 Å². The quantitative estimate of drug-likeness (QED) is 0.702. The number of carboxylic acids is 1. The molecule has 0 saturated heterocycles. The third kappa shape index (κ3) is 2.79. The maximum Gasteiger partial charge on any atom is 0.320 e. The van der Waals surface area contributed by atoms with Crippen molar-refractivity contribution in [2.24, 2.45) is 5.73 Å². The molecule has 0 spiro atoms. The van der Waals surface area contributed by atoms with Crippen LogP contribution < -0.4 is 5.73 Å². The summed E-state index contributed by atoms with van der Waals surface area (Å²) in [6.07, 6.45) is 2.53. The molecule has 0 aromatic carbocycles. The van der Waals surface area contributed by atoms with E-state index in [0.29, 0.717) is 5.56 Å². The van der Waals surface area contributed by atoms with E-state index in [1.165, 1.54) is 12.3 Å². The molecule has 0 fully saturated rings. The number of aromatic nitrogens is 1. The van der Waals surface area contributed by atoms with Crippen molar-refractivity contribution >= 4 is 5.97 Å². The fraction of sp³-hybridized carbons (Fsp3) is 0.250. The summed E-state index contributed by atoms with van der Waals surface area (Å²) in [5, 5.41) is 8.47. The summed E-state index contributed by atoms with van der Waals surface area (Å²) in [5.74, 6) is -1.60. The van der Waals surface area contributed by atoms with Crippen molar-refractivity contribution in [1.82, 2.24) is 4.98 Å². The predicted octanol–water partition coefficient (Wildman–Crippen LogP) is 0.175.